The van der Waals surface area contributed by atoms with Gasteiger partial charge in [0.25, 0.3) is 0 Å². The summed E-state index contributed by atoms with van der Waals surface area (Å²) in [7, 11) is 0. The summed E-state index contributed by atoms with van der Waals surface area (Å²) in [5, 5.41) is 14.8. The first kappa shape index (κ1) is 15.7. The molecule has 21 heavy (non-hydrogen) atoms. The van der Waals surface area contributed by atoms with Crippen LogP contribution in [-0.2, 0) is 0 Å². The molecule has 3 N–H and O–H groups in total. The number of carbonyl (C=O) groups is 2. The number of carboxylic acids is 1. The monoisotopic (exact) mass is 308 g/mol. The Morgan fingerprint density at radius 2 is 2.00 bits per heavy atom. The molecule has 6 heteroatoms. The number of urea groups is 1. The van der Waals surface area contributed by atoms with Crippen molar-refractivity contribution in [3.63, 3.8) is 0 Å². The molecule has 1 aromatic rings. The fraction of sp³-hybridized carbons (Fsp3) is 0.467. The third-order valence-corrected chi connectivity index (χ3v) is 5.18. The molecular formula is C15H20N2O3S. The topological polar surface area (TPSA) is 78.4 Å². The second kappa shape index (κ2) is 5.97. The molecular weight excluding hydrogens is 288 g/mol. The number of nitrogens with one attached hydrogen (secondary N) is 2. The highest BCUT2D eigenvalue weighted by Crippen LogP contribution is 2.46. The molecule has 1 aliphatic carbocycles. The molecule has 0 unspecified atom stereocenters. The number of anilines is 1. The minimum atomic E-state index is -1.04. The van der Waals surface area contributed by atoms with Gasteiger partial charge in [-0.2, -0.15) is 11.8 Å². The van der Waals surface area contributed by atoms with Gasteiger partial charge in [0.05, 0.1) is 11.3 Å². The molecule has 1 aliphatic rings. The predicted octanol–water partition coefficient (Wildman–Crippen LogP) is 3.02. The molecule has 0 heterocycles. The Kier molecular flexibility index (Phi) is 4.46. The number of aryl methyl sites for hydroxylation is 2. The fourth-order valence-electron chi connectivity index (χ4n) is 2.29. The standard InChI is InChI=1S/C15H20N2O3S/c1-9-6-10(2)12(11(7-9)13(18)19)17-14(20)16-8-15(21-3)4-5-15/h6-7H,4-5,8H2,1-3H3,(H,18,19)(H2,16,17,20). The number of thioether (sulfide) groups is 1. The van der Waals surface area contributed by atoms with E-state index in [9.17, 15) is 14.7 Å². The molecule has 5 nitrogen and oxygen atoms in total. The minimum absolute atomic E-state index is 0.119. The Morgan fingerprint density at radius 3 is 2.52 bits per heavy atom. The molecule has 0 saturated heterocycles. The van der Waals surface area contributed by atoms with Gasteiger partial charge in [0.15, 0.2) is 0 Å². The lowest BCUT2D eigenvalue weighted by Gasteiger charge is -2.16. The van der Waals surface area contributed by atoms with Crippen LogP contribution in [0.25, 0.3) is 0 Å². The van der Waals surface area contributed by atoms with Gasteiger partial charge in [0, 0.05) is 11.3 Å². The third kappa shape index (κ3) is 3.69. The number of carbonyl (C=O) groups excluding carboxylic acids is 1. The summed E-state index contributed by atoms with van der Waals surface area (Å²) < 4.78 is 0.176. The van der Waals surface area contributed by atoms with E-state index in [1.54, 1.807) is 24.8 Å². The van der Waals surface area contributed by atoms with Gasteiger partial charge in [0.1, 0.15) is 0 Å². The molecule has 1 aromatic carbocycles. The second-order valence-electron chi connectivity index (χ2n) is 5.50. The number of aromatic carboxylic acids is 1. The summed E-state index contributed by atoms with van der Waals surface area (Å²) >= 11 is 1.76. The van der Waals surface area contributed by atoms with Crippen molar-refractivity contribution >= 4 is 29.4 Å². The smallest absolute Gasteiger partial charge is 0.337 e. The molecule has 0 radical (unpaired) electrons. The average molecular weight is 308 g/mol. The number of carboxylic acid groups (broad SMARTS) is 1. The van der Waals surface area contributed by atoms with Crippen molar-refractivity contribution in [2.24, 2.45) is 0 Å². The van der Waals surface area contributed by atoms with E-state index in [1.807, 2.05) is 19.2 Å². The van der Waals surface area contributed by atoms with Gasteiger partial charge in [-0.1, -0.05) is 6.07 Å². The lowest BCUT2D eigenvalue weighted by Crippen LogP contribution is -2.35. The van der Waals surface area contributed by atoms with Gasteiger partial charge < -0.3 is 15.7 Å². The van der Waals surface area contributed by atoms with Crippen LogP contribution >= 0.6 is 11.8 Å². The normalized spacial score (nSPS) is 15.4. The van der Waals surface area contributed by atoms with E-state index in [0.29, 0.717) is 12.2 Å². The summed E-state index contributed by atoms with van der Waals surface area (Å²) in [4.78, 5) is 23.3. The maximum Gasteiger partial charge on any atom is 0.337 e. The molecule has 2 amide bonds. The lowest BCUT2D eigenvalue weighted by molar-refractivity contribution is 0.0698. The van der Waals surface area contributed by atoms with Crippen LogP contribution in [0.4, 0.5) is 10.5 Å². The van der Waals surface area contributed by atoms with Gasteiger partial charge in [0.2, 0.25) is 0 Å². The highest BCUT2D eigenvalue weighted by molar-refractivity contribution is 8.00. The van der Waals surface area contributed by atoms with E-state index in [0.717, 1.165) is 24.0 Å². The van der Waals surface area contributed by atoms with Crippen molar-refractivity contribution in [2.45, 2.75) is 31.4 Å². The van der Waals surface area contributed by atoms with Crippen molar-refractivity contribution in [1.29, 1.82) is 0 Å². The van der Waals surface area contributed by atoms with Gasteiger partial charge in [-0.3, -0.25) is 0 Å². The Bertz CT molecular complexity index is 583. The van der Waals surface area contributed by atoms with Crippen molar-refractivity contribution in [2.75, 3.05) is 18.1 Å². The van der Waals surface area contributed by atoms with Crippen LogP contribution in [0.15, 0.2) is 12.1 Å². The van der Waals surface area contributed by atoms with Crippen LogP contribution in [0.5, 0.6) is 0 Å². The molecule has 1 fully saturated rings. The zero-order chi connectivity index (χ0) is 15.6. The van der Waals surface area contributed by atoms with Crippen LogP contribution in [-0.4, -0.2) is 34.7 Å². The molecule has 0 atom stereocenters. The first-order valence-electron chi connectivity index (χ1n) is 6.81. The highest BCUT2D eigenvalue weighted by Gasteiger charge is 2.41. The number of hydrogen-bond acceptors (Lipinski definition) is 3. The Morgan fingerprint density at radius 1 is 1.33 bits per heavy atom. The minimum Gasteiger partial charge on any atom is -0.478 e. The van der Waals surface area contributed by atoms with E-state index < -0.39 is 5.97 Å². The number of benzene rings is 1. The Labute approximate surface area is 128 Å². The Balaban J connectivity index is 2.08. The Hall–Kier alpha value is -1.69. The molecule has 0 bridgehead atoms. The average Bonchev–Trinajstić information content (AvgIpc) is 3.19. The van der Waals surface area contributed by atoms with Crippen LogP contribution < -0.4 is 10.6 Å². The number of amides is 2. The second-order valence-corrected chi connectivity index (χ2v) is 6.78. The van der Waals surface area contributed by atoms with Crippen LogP contribution in [0.1, 0.15) is 34.3 Å². The maximum absolute atomic E-state index is 12.0. The van der Waals surface area contributed by atoms with E-state index in [-0.39, 0.29) is 16.3 Å². The highest BCUT2D eigenvalue weighted by atomic mass is 32.2. The predicted molar refractivity (Wildman–Crippen MR) is 85.4 cm³/mol. The van der Waals surface area contributed by atoms with Crippen molar-refractivity contribution < 1.29 is 14.7 Å². The zero-order valence-electron chi connectivity index (χ0n) is 12.4. The van der Waals surface area contributed by atoms with Gasteiger partial charge >= 0.3 is 12.0 Å². The first-order valence-corrected chi connectivity index (χ1v) is 8.04. The van der Waals surface area contributed by atoms with E-state index in [4.69, 9.17) is 0 Å². The molecule has 2 rings (SSSR count). The summed E-state index contributed by atoms with van der Waals surface area (Å²) in [6.07, 6.45) is 4.26. The van der Waals surface area contributed by atoms with Crippen LogP contribution in [0.3, 0.4) is 0 Å². The summed E-state index contributed by atoms with van der Waals surface area (Å²) in [5.41, 5.74) is 2.08. The summed E-state index contributed by atoms with van der Waals surface area (Å²) in [6.45, 7) is 4.23. The third-order valence-electron chi connectivity index (χ3n) is 3.76. The van der Waals surface area contributed by atoms with Gasteiger partial charge in [-0.15, -0.1) is 0 Å². The van der Waals surface area contributed by atoms with Crippen LogP contribution in [0.2, 0.25) is 0 Å². The quantitative estimate of drug-likeness (QED) is 0.781. The lowest BCUT2D eigenvalue weighted by atomic mass is 10.0. The summed E-state index contributed by atoms with van der Waals surface area (Å²) in [5.74, 6) is -1.04. The van der Waals surface area contributed by atoms with E-state index in [2.05, 4.69) is 10.6 Å². The largest absolute Gasteiger partial charge is 0.478 e. The zero-order valence-corrected chi connectivity index (χ0v) is 13.3. The van der Waals surface area contributed by atoms with Gasteiger partial charge in [-0.05, 0) is 50.1 Å². The number of hydrogen-bond donors (Lipinski definition) is 3. The molecule has 0 aromatic heterocycles. The van der Waals surface area contributed by atoms with E-state index >= 15 is 0 Å². The fourth-order valence-corrected chi connectivity index (χ4v) is 3.02. The van der Waals surface area contributed by atoms with Gasteiger partial charge in [-0.25, -0.2) is 9.59 Å². The SMILES string of the molecule is CSC1(CNC(=O)Nc2c(C)cc(C)cc2C(=O)O)CC1. The number of rotatable bonds is 5. The summed E-state index contributed by atoms with van der Waals surface area (Å²) in [6, 6.07) is 3.06. The maximum atomic E-state index is 12.0. The molecule has 0 spiro atoms. The molecule has 1 saturated carbocycles. The van der Waals surface area contributed by atoms with Crippen molar-refractivity contribution in [3.8, 4) is 0 Å². The van der Waals surface area contributed by atoms with Crippen molar-refractivity contribution in [1.82, 2.24) is 5.32 Å². The molecule has 0 aliphatic heterocycles. The molecule has 114 valence electrons. The van der Waals surface area contributed by atoms with Crippen molar-refractivity contribution in [3.05, 3.63) is 28.8 Å². The van der Waals surface area contributed by atoms with Crippen LogP contribution in [0, 0.1) is 13.8 Å². The first-order chi connectivity index (χ1) is 9.87. The van der Waals surface area contributed by atoms with E-state index in [1.165, 1.54) is 0 Å².